The Morgan fingerprint density at radius 3 is 2.74 bits per heavy atom. The fourth-order valence-corrected chi connectivity index (χ4v) is 6.41. The smallest absolute Gasteiger partial charge is 0.309 e. The van der Waals surface area contributed by atoms with Crippen molar-refractivity contribution in [1.82, 2.24) is 0 Å². The molecule has 0 spiro atoms. The van der Waals surface area contributed by atoms with Crippen LogP contribution in [0.5, 0.6) is 0 Å². The number of allylic oxidation sites excluding steroid dienone is 1. The van der Waals surface area contributed by atoms with E-state index in [4.69, 9.17) is 14.2 Å². The number of rotatable bonds is 1. The van der Waals surface area contributed by atoms with Crippen LogP contribution in [-0.4, -0.2) is 35.3 Å². The maximum absolute atomic E-state index is 12.8. The largest absolute Gasteiger partial charge is 0.459 e. The first kappa shape index (κ1) is 19.0. The summed E-state index contributed by atoms with van der Waals surface area (Å²) in [6.45, 7) is 9.73. The molecule has 8 atom stereocenters. The fourth-order valence-electron chi connectivity index (χ4n) is 6.41. The highest BCUT2D eigenvalue weighted by molar-refractivity contribution is 5.73. The molecule has 2 saturated heterocycles. The van der Waals surface area contributed by atoms with Crippen LogP contribution in [0.1, 0.15) is 66.7 Å². The zero-order valence-electron chi connectivity index (χ0n) is 17.1. The molecular formula is C22H32O5. The Hall–Kier alpha value is -1.36. The second-order valence-electron chi connectivity index (χ2n) is 9.62. The van der Waals surface area contributed by atoms with E-state index in [1.807, 2.05) is 13.8 Å². The molecule has 5 heteroatoms. The molecule has 0 aromatic rings. The molecule has 5 nitrogen and oxygen atoms in total. The summed E-state index contributed by atoms with van der Waals surface area (Å²) >= 11 is 0. The average molecular weight is 376 g/mol. The predicted octanol–water partition coefficient (Wildman–Crippen LogP) is 3.80. The van der Waals surface area contributed by atoms with Crippen molar-refractivity contribution in [3.05, 3.63) is 11.6 Å². The van der Waals surface area contributed by atoms with Gasteiger partial charge < -0.3 is 14.2 Å². The van der Waals surface area contributed by atoms with E-state index in [-0.39, 0.29) is 47.8 Å². The summed E-state index contributed by atoms with van der Waals surface area (Å²) in [5, 5.41) is 0. The quantitative estimate of drug-likeness (QED) is 0.514. The topological polar surface area (TPSA) is 61.8 Å². The molecule has 1 aliphatic carbocycles. The molecule has 3 heterocycles. The number of ether oxygens (including phenoxy) is 3. The van der Waals surface area contributed by atoms with Gasteiger partial charge in [-0.3, -0.25) is 9.59 Å². The molecule has 0 aromatic heterocycles. The lowest BCUT2D eigenvalue weighted by Gasteiger charge is -2.48. The number of hydrogen-bond acceptors (Lipinski definition) is 5. The summed E-state index contributed by atoms with van der Waals surface area (Å²) in [5.74, 6) is -0.0260. The van der Waals surface area contributed by atoms with Gasteiger partial charge in [-0.2, -0.15) is 0 Å². The van der Waals surface area contributed by atoms with Gasteiger partial charge in [0, 0.05) is 18.8 Å². The van der Waals surface area contributed by atoms with Crippen LogP contribution >= 0.6 is 0 Å². The minimum absolute atomic E-state index is 0.00942. The van der Waals surface area contributed by atoms with Crippen molar-refractivity contribution in [2.45, 2.75) is 90.1 Å². The summed E-state index contributed by atoms with van der Waals surface area (Å²) in [4.78, 5) is 24.8. The number of esters is 2. The van der Waals surface area contributed by atoms with Crippen LogP contribution in [0.3, 0.4) is 0 Å². The predicted molar refractivity (Wildman–Crippen MR) is 99.8 cm³/mol. The Morgan fingerprint density at radius 2 is 2.04 bits per heavy atom. The van der Waals surface area contributed by atoms with Crippen LogP contribution in [0.15, 0.2) is 11.6 Å². The molecule has 3 fully saturated rings. The highest BCUT2D eigenvalue weighted by Crippen LogP contribution is 2.59. The SMILES string of the molecule is CC(=O)O[C@]1(C)CC[C@H]2[C@H]3[C@H]1[C@H]1C/C(C)=C\CC[C@@](C)(OC(=O)[C@H]2C)[C@@H]3O1. The van der Waals surface area contributed by atoms with Crippen molar-refractivity contribution in [3.63, 3.8) is 0 Å². The summed E-state index contributed by atoms with van der Waals surface area (Å²) in [5.41, 5.74) is 0.113. The molecule has 0 amide bonds. The lowest BCUT2D eigenvalue weighted by molar-refractivity contribution is -0.180. The van der Waals surface area contributed by atoms with Crippen LogP contribution in [0.25, 0.3) is 0 Å². The second kappa shape index (κ2) is 6.33. The zero-order valence-corrected chi connectivity index (χ0v) is 17.1. The summed E-state index contributed by atoms with van der Waals surface area (Å²) in [7, 11) is 0. The van der Waals surface area contributed by atoms with Crippen molar-refractivity contribution >= 4 is 11.9 Å². The normalized spacial score (nSPS) is 51.0. The second-order valence-corrected chi connectivity index (χ2v) is 9.62. The van der Waals surface area contributed by atoms with Gasteiger partial charge in [-0.1, -0.05) is 18.6 Å². The van der Waals surface area contributed by atoms with Crippen LogP contribution < -0.4 is 0 Å². The van der Waals surface area contributed by atoms with Crippen molar-refractivity contribution in [2.24, 2.45) is 23.7 Å². The van der Waals surface area contributed by atoms with Crippen molar-refractivity contribution in [1.29, 1.82) is 0 Å². The Bertz CT molecular complexity index is 684. The molecule has 3 aliphatic heterocycles. The van der Waals surface area contributed by atoms with Gasteiger partial charge >= 0.3 is 11.9 Å². The van der Waals surface area contributed by atoms with Gasteiger partial charge in [-0.05, 0) is 58.8 Å². The van der Waals surface area contributed by atoms with E-state index in [2.05, 4.69) is 19.9 Å². The molecule has 4 rings (SSSR count). The van der Waals surface area contributed by atoms with Crippen LogP contribution in [0.4, 0.5) is 0 Å². The molecule has 150 valence electrons. The van der Waals surface area contributed by atoms with Crippen molar-refractivity contribution < 1.29 is 23.8 Å². The molecule has 2 bridgehead atoms. The summed E-state index contributed by atoms with van der Waals surface area (Å²) in [6, 6.07) is 0. The van der Waals surface area contributed by atoms with E-state index < -0.39 is 11.2 Å². The third-order valence-corrected chi connectivity index (χ3v) is 7.64. The highest BCUT2D eigenvalue weighted by atomic mass is 16.6. The number of carbonyl (C=O) groups excluding carboxylic acids is 2. The lowest BCUT2D eigenvalue weighted by atomic mass is 9.58. The van der Waals surface area contributed by atoms with E-state index in [1.54, 1.807) is 0 Å². The zero-order chi connectivity index (χ0) is 19.6. The van der Waals surface area contributed by atoms with Gasteiger partial charge in [-0.15, -0.1) is 0 Å². The molecule has 0 unspecified atom stereocenters. The Morgan fingerprint density at radius 1 is 1.30 bits per heavy atom. The maximum atomic E-state index is 12.8. The van der Waals surface area contributed by atoms with Crippen molar-refractivity contribution in [2.75, 3.05) is 0 Å². The first-order valence-corrected chi connectivity index (χ1v) is 10.4. The first-order valence-electron chi connectivity index (χ1n) is 10.4. The fraction of sp³-hybridized carbons (Fsp3) is 0.818. The van der Waals surface area contributed by atoms with Gasteiger partial charge in [0.2, 0.25) is 0 Å². The highest BCUT2D eigenvalue weighted by Gasteiger charge is 2.66. The third kappa shape index (κ3) is 2.93. The van der Waals surface area contributed by atoms with Gasteiger partial charge in [0.05, 0.1) is 12.0 Å². The summed E-state index contributed by atoms with van der Waals surface area (Å²) in [6.07, 6.45) is 6.22. The Labute approximate surface area is 161 Å². The van der Waals surface area contributed by atoms with E-state index in [0.29, 0.717) is 0 Å². The first-order chi connectivity index (χ1) is 12.6. The van der Waals surface area contributed by atoms with Gasteiger partial charge in [0.1, 0.15) is 17.3 Å². The maximum Gasteiger partial charge on any atom is 0.309 e. The molecular weight excluding hydrogens is 344 g/mol. The Balaban J connectivity index is 1.84. The molecule has 0 N–H and O–H groups in total. The van der Waals surface area contributed by atoms with Crippen molar-refractivity contribution in [3.8, 4) is 0 Å². The standard InChI is InChI=1S/C22H32O5/c1-12-7-6-9-22(5)19-17-15(13(2)20(24)27-22)8-10-21(4,26-14(3)23)18(17)16(11-12)25-19/h7,13,15-19H,6,8-11H2,1-5H3/b12-7-/t13-,15+,16+,17-,18+,19+,21+,22+/m0/s1. The Kier molecular flexibility index (Phi) is 4.45. The van der Waals surface area contributed by atoms with Gasteiger partial charge in [-0.25, -0.2) is 0 Å². The van der Waals surface area contributed by atoms with E-state index >= 15 is 0 Å². The van der Waals surface area contributed by atoms with E-state index in [9.17, 15) is 9.59 Å². The van der Waals surface area contributed by atoms with E-state index in [1.165, 1.54) is 12.5 Å². The molecule has 4 aliphatic rings. The minimum Gasteiger partial charge on any atom is -0.459 e. The summed E-state index contributed by atoms with van der Waals surface area (Å²) < 4.78 is 18.7. The number of fused-ring (bicyclic) bond motifs is 2. The van der Waals surface area contributed by atoms with Crippen LogP contribution in [-0.2, 0) is 23.8 Å². The van der Waals surface area contributed by atoms with E-state index in [0.717, 1.165) is 32.1 Å². The molecule has 1 saturated carbocycles. The minimum atomic E-state index is -0.632. The monoisotopic (exact) mass is 376 g/mol. The van der Waals surface area contributed by atoms with Gasteiger partial charge in [0.25, 0.3) is 0 Å². The molecule has 0 radical (unpaired) electrons. The van der Waals surface area contributed by atoms with Gasteiger partial charge in [0.15, 0.2) is 0 Å². The third-order valence-electron chi connectivity index (χ3n) is 7.64. The van der Waals surface area contributed by atoms with Crippen LogP contribution in [0, 0.1) is 23.7 Å². The van der Waals surface area contributed by atoms with Crippen LogP contribution in [0.2, 0.25) is 0 Å². The molecule has 0 aromatic carbocycles. The lowest BCUT2D eigenvalue weighted by Crippen LogP contribution is -2.54. The number of hydrogen-bond donors (Lipinski definition) is 0. The molecule has 27 heavy (non-hydrogen) atoms. The average Bonchev–Trinajstić information content (AvgIpc) is 2.93. The number of carbonyl (C=O) groups is 2.